The summed E-state index contributed by atoms with van der Waals surface area (Å²) in [5.74, 6) is 0.817. The summed E-state index contributed by atoms with van der Waals surface area (Å²) in [6, 6.07) is 1.88. The molecule has 0 saturated carbocycles. The highest BCUT2D eigenvalue weighted by atomic mass is 35.5. The second-order valence-electron chi connectivity index (χ2n) is 3.42. The quantitative estimate of drug-likeness (QED) is 0.621. The average Bonchev–Trinajstić information content (AvgIpc) is 2.18. The molecule has 1 rings (SSSR count). The van der Waals surface area contributed by atoms with Crippen molar-refractivity contribution in [1.29, 1.82) is 0 Å². The van der Waals surface area contributed by atoms with Crippen LogP contribution in [0.25, 0.3) is 0 Å². The summed E-state index contributed by atoms with van der Waals surface area (Å²) in [5.41, 5.74) is 3.67. The fraction of sp³-hybridized carbons (Fsp3) is 0.364. The zero-order chi connectivity index (χ0) is 11.6. The molecule has 0 aromatic heterocycles. The third-order valence-corrected chi connectivity index (χ3v) is 2.59. The average molecular weight is 228 g/mol. The van der Waals surface area contributed by atoms with Crippen molar-refractivity contribution in [2.75, 3.05) is 12.4 Å². The number of ether oxygens (including phenoxy) is 1. The molecule has 0 unspecified atom stereocenters. The van der Waals surface area contributed by atoms with Gasteiger partial charge in [-0.05, 0) is 55.1 Å². The lowest BCUT2D eigenvalue weighted by atomic mass is 10.0. The molecular formula is C11H14ClNO2. The minimum Gasteiger partial charge on any atom is -0.496 e. The predicted octanol–water partition coefficient (Wildman–Crippen LogP) is 3.39. The Hall–Kier alpha value is -1.22. The molecule has 0 radical (unpaired) electrons. The van der Waals surface area contributed by atoms with Crippen LogP contribution < -0.4 is 10.1 Å². The highest BCUT2D eigenvalue weighted by Crippen LogP contribution is 2.31. The second-order valence-corrected chi connectivity index (χ2v) is 3.76. The molecule has 0 aliphatic rings. The first-order valence-corrected chi connectivity index (χ1v) is 4.96. The van der Waals surface area contributed by atoms with Gasteiger partial charge in [-0.2, -0.15) is 0 Å². The maximum atomic E-state index is 10.8. The van der Waals surface area contributed by atoms with Gasteiger partial charge in [0.05, 0.1) is 7.11 Å². The standard InChI is InChI=1S/C11H14ClNO2/c1-6-5-9(15-4)7(2)8(3)10(6)13-11(12)14/h5H,1-4H3,(H,13,14). The third kappa shape index (κ3) is 2.42. The summed E-state index contributed by atoms with van der Waals surface area (Å²) in [4.78, 5) is 10.8. The number of rotatable bonds is 2. The Morgan fingerprint density at radius 2 is 1.93 bits per heavy atom. The van der Waals surface area contributed by atoms with Crippen LogP contribution in [0, 0.1) is 20.8 Å². The normalized spacial score (nSPS) is 9.93. The highest BCUT2D eigenvalue weighted by Gasteiger charge is 2.11. The molecule has 1 aromatic rings. The summed E-state index contributed by atoms with van der Waals surface area (Å²) in [7, 11) is 1.63. The number of carbonyl (C=O) groups excluding carboxylic acids is 1. The van der Waals surface area contributed by atoms with Crippen LogP contribution in [0.15, 0.2) is 6.07 Å². The SMILES string of the molecule is COc1cc(C)c(NC(=O)Cl)c(C)c1C. The molecule has 0 spiro atoms. The number of halogens is 1. The number of hydrogen-bond acceptors (Lipinski definition) is 2. The maximum Gasteiger partial charge on any atom is 0.318 e. The third-order valence-electron chi connectivity index (χ3n) is 2.49. The van der Waals surface area contributed by atoms with Crippen LogP contribution >= 0.6 is 11.6 Å². The first-order chi connectivity index (χ1) is 6.97. The first-order valence-electron chi connectivity index (χ1n) is 4.58. The largest absolute Gasteiger partial charge is 0.496 e. The van der Waals surface area contributed by atoms with Gasteiger partial charge in [-0.15, -0.1) is 0 Å². The Bertz CT molecular complexity index is 402. The molecule has 0 bridgehead atoms. The Balaban J connectivity index is 3.29. The molecule has 3 nitrogen and oxygen atoms in total. The van der Waals surface area contributed by atoms with Crippen molar-refractivity contribution in [2.45, 2.75) is 20.8 Å². The Labute approximate surface area is 94.4 Å². The van der Waals surface area contributed by atoms with E-state index < -0.39 is 5.37 Å². The van der Waals surface area contributed by atoms with E-state index in [-0.39, 0.29) is 0 Å². The number of methoxy groups -OCH3 is 1. The number of nitrogens with one attached hydrogen (secondary N) is 1. The summed E-state index contributed by atoms with van der Waals surface area (Å²) in [5, 5.41) is 2.03. The zero-order valence-electron chi connectivity index (χ0n) is 9.27. The highest BCUT2D eigenvalue weighted by molar-refractivity contribution is 6.65. The monoisotopic (exact) mass is 227 g/mol. The molecule has 0 atom stereocenters. The summed E-state index contributed by atoms with van der Waals surface area (Å²) >= 11 is 5.30. The fourth-order valence-electron chi connectivity index (χ4n) is 1.55. The van der Waals surface area contributed by atoms with Gasteiger partial charge in [-0.3, -0.25) is 4.79 Å². The van der Waals surface area contributed by atoms with Crippen molar-refractivity contribution in [3.8, 4) is 5.75 Å². The van der Waals surface area contributed by atoms with Gasteiger partial charge in [0.15, 0.2) is 0 Å². The lowest BCUT2D eigenvalue weighted by Gasteiger charge is -2.15. The summed E-state index contributed by atoms with van der Waals surface area (Å²) in [6.45, 7) is 5.77. The van der Waals surface area contributed by atoms with E-state index in [2.05, 4.69) is 5.32 Å². The second kappa shape index (κ2) is 4.53. The summed E-state index contributed by atoms with van der Waals surface area (Å²) in [6.07, 6.45) is 0. The van der Waals surface area contributed by atoms with Crippen LogP contribution in [0.4, 0.5) is 10.5 Å². The molecule has 0 aliphatic heterocycles. The Kier molecular flexibility index (Phi) is 3.58. The van der Waals surface area contributed by atoms with Crippen molar-refractivity contribution in [3.05, 3.63) is 22.8 Å². The Morgan fingerprint density at radius 3 is 2.40 bits per heavy atom. The van der Waals surface area contributed by atoms with Crippen LogP contribution in [0.1, 0.15) is 16.7 Å². The lowest BCUT2D eigenvalue weighted by Crippen LogP contribution is -2.06. The van der Waals surface area contributed by atoms with Crippen molar-refractivity contribution < 1.29 is 9.53 Å². The zero-order valence-corrected chi connectivity index (χ0v) is 10.0. The Morgan fingerprint density at radius 1 is 1.33 bits per heavy atom. The van der Waals surface area contributed by atoms with E-state index in [0.717, 1.165) is 28.1 Å². The number of hydrogen-bond donors (Lipinski definition) is 1. The van der Waals surface area contributed by atoms with E-state index in [0.29, 0.717) is 0 Å². The van der Waals surface area contributed by atoms with Gasteiger partial charge >= 0.3 is 5.37 Å². The van der Waals surface area contributed by atoms with E-state index in [1.54, 1.807) is 7.11 Å². The van der Waals surface area contributed by atoms with Crippen molar-refractivity contribution in [1.82, 2.24) is 0 Å². The smallest absolute Gasteiger partial charge is 0.318 e. The minimum atomic E-state index is -0.578. The van der Waals surface area contributed by atoms with Gasteiger partial charge in [0.25, 0.3) is 0 Å². The minimum absolute atomic E-state index is 0.578. The number of aryl methyl sites for hydroxylation is 1. The molecule has 1 aromatic carbocycles. The molecule has 1 amide bonds. The lowest BCUT2D eigenvalue weighted by molar-refractivity contribution is 0.269. The van der Waals surface area contributed by atoms with E-state index >= 15 is 0 Å². The molecule has 0 heterocycles. The molecule has 4 heteroatoms. The van der Waals surface area contributed by atoms with Gasteiger partial charge in [0.1, 0.15) is 5.75 Å². The molecule has 1 N–H and O–H groups in total. The molecule has 0 fully saturated rings. The van der Waals surface area contributed by atoms with E-state index in [1.807, 2.05) is 26.8 Å². The van der Waals surface area contributed by atoms with Crippen molar-refractivity contribution in [3.63, 3.8) is 0 Å². The van der Waals surface area contributed by atoms with Crippen LogP contribution in [0.2, 0.25) is 0 Å². The molecule has 0 aliphatic carbocycles. The number of carbonyl (C=O) groups is 1. The van der Waals surface area contributed by atoms with Gasteiger partial charge < -0.3 is 10.1 Å². The number of amides is 1. The number of anilines is 1. The van der Waals surface area contributed by atoms with E-state index in [1.165, 1.54) is 0 Å². The molecule has 82 valence electrons. The van der Waals surface area contributed by atoms with Gasteiger partial charge in [-0.1, -0.05) is 0 Å². The predicted molar refractivity (Wildman–Crippen MR) is 62.1 cm³/mol. The van der Waals surface area contributed by atoms with Crippen LogP contribution in [0.5, 0.6) is 5.75 Å². The number of benzene rings is 1. The van der Waals surface area contributed by atoms with Crippen LogP contribution in [0.3, 0.4) is 0 Å². The van der Waals surface area contributed by atoms with Crippen LogP contribution in [-0.2, 0) is 0 Å². The molecular weight excluding hydrogens is 214 g/mol. The maximum absolute atomic E-state index is 10.8. The van der Waals surface area contributed by atoms with Crippen molar-refractivity contribution >= 4 is 22.7 Å². The van der Waals surface area contributed by atoms with Crippen LogP contribution in [-0.4, -0.2) is 12.5 Å². The van der Waals surface area contributed by atoms with Gasteiger partial charge in [-0.25, -0.2) is 0 Å². The van der Waals surface area contributed by atoms with Crippen molar-refractivity contribution in [2.24, 2.45) is 0 Å². The molecule has 0 saturated heterocycles. The van der Waals surface area contributed by atoms with E-state index in [4.69, 9.17) is 16.3 Å². The van der Waals surface area contributed by atoms with Gasteiger partial charge in [0, 0.05) is 5.69 Å². The summed E-state index contributed by atoms with van der Waals surface area (Å²) < 4.78 is 5.22. The molecule has 15 heavy (non-hydrogen) atoms. The topological polar surface area (TPSA) is 38.3 Å². The fourth-order valence-corrected chi connectivity index (χ4v) is 1.64. The van der Waals surface area contributed by atoms with E-state index in [9.17, 15) is 4.79 Å². The van der Waals surface area contributed by atoms with Gasteiger partial charge in [0.2, 0.25) is 0 Å². The first kappa shape index (κ1) is 11.9.